The number of aliphatic imine (C=N–C) groups is 1. The van der Waals surface area contributed by atoms with Crippen LogP contribution in [0.15, 0.2) is 40.7 Å². The summed E-state index contributed by atoms with van der Waals surface area (Å²) >= 11 is 1.83. The summed E-state index contributed by atoms with van der Waals surface area (Å²) in [6, 6.07) is 10.5. The number of nitrogens with zero attached hydrogens (tertiary/aromatic N) is 3. The first-order valence-corrected chi connectivity index (χ1v) is 10.5. The van der Waals surface area contributed by atoms with Crippen molar-refractivity contribution in [1.29, 1.82) is 0 Å². The van der Waals surface area contributed by atoms with Crippen molar-refractivity contribution in [1.82, 2.24) is 20.5 Å². The van der Waals surface area contributed by atoms with Crippen molar-refractivity contribution in [3.8, 4) is 5.88 Å². The minimum absolute atomic E-state index is 0. The minimum atomic E-state index is 0. The Bertz CT molecular complexity index is 719. The Balaban J connectivity index is 0.00000280. The summed E-state index contributed by atoms with van der Waals surface area (Å²) < 4.78 is 5.19. The van der Waals surface area contributed by atoms with Crippen molar-refractivity contribution in [2.45, 2.75) is 32.4 Å². The quantitative estimate of drug-likeness (QED) is 0.319. The third kappa shape index (κ3) is 6.59. The van der Waals surface area contributed by atoms with Crippen LogP contribution in [0.2, 0.25) is 0 Å². The molecule has 1 atom stereocenters. The van der Waals surface area contributed by atoms with Crippen molar-refractivity contribution < 1.29 is 4.74 Å². The Morgan fingerprint density at radius 3 is 2.75 bits per heavy atom. The molecule has 0 amide bonds. The number of hydrogen-bond acceptors (Lipinski definition) is 5. The normalized spacial score (nSPS) is 15.7. The smallest absolute Gasteiger partial charge is 0.213 e. The van der Waals surface area contributed by atoms with E-state index in [2.05, 4.69) is 45.0 Å². The highest BCUT2D eigenvalue weighted by molar-refractivity contribution is 14.0. The Morgan fingerprint density at radius 1 is 1.25 bits per heavy atom. The lowest BCUT2D eigenvalue weighted by atomic mass is 10.2. The molecule has 0 bridgehead atoms. The zero-order valence-corrected chi connectivity index (χ0v) is 19.7. The van der Waals surface area contributed by atoms with Crippen LogP contribution in [0.4, 0.5) is 0 Å². The maximum Gasteiger partial charge on any atom is 0.213 e. The molecule has 6 nitrogen and oxygen atoms in total. The summed E-state index contributed by atoms with van der Waals surface area (Å²) in [5.74, 6) is 1.44. The minimum Gasteiger partial charge on any atom is -0.481 e. The molecule has 0 radical (unpaired) electrons. The molecule has 2 aromatic heterocycles. The van der Waals surface area contributed by atoms with Crippen LogP contribution >= 0.6 is 35.3 Å². The number of methoxy groups -OCH3 is 1. The van der Waals surface area contributed by atoms with Crippen LogP contribution in [0.25, 0.3) is 0 Å². The second kappa shape index (κ2) is 12.2. The SMILES string of the molecule is CCNC(=NCc1cccc(OC)n1)NCC(c1cccs1)N1CCCC1.I. The third-order valence-electron chi connectivity index (χ3n) is 4.65. The zero-order valence-electron chi connectivity index (χ0n) is 16.6. The number of halogens is 1. The number of aromatic nitrogens is 1. The van der Waals surface area contributed by atoms with Gasteiger partial charge in [-0.15, -0.1) is 35.3 Å². The van der Waals surface area contributed by atoms with Gasteiger partial charge in [-0.25, -0.2) is 9.98 Å². The van der Waals surface area contributed by atoms with Crippen LogP contribution in [0.1, 0.15) is 36.4 Å². The number of hydrogen-bond donors (Lipinski definition) is 2. The van der Waals surface area contributed by atoms with Gasteiger partial charge in [0.15, 0.2) is 5.96 Å². The van der Waals surface area contributed by atoms with Crippen molar-refractivity contribution in [2.75, 3.05) is 33.3 Å². The number of rotatable bonds is 8. The lowest BCUT2D eigenvalue weighted by Gasteiger charge is -2.27. The average molecular weight is 515 g/mol. The number of nitrogens with one attached hydrogen (secondary N) is 2. The van der Waals surface area contributed by atoms with Gasteiger partial charge in [-0.2, -0.15) is 0 Å². The summed E-state index contributed by atoms with van der Waals surface area (Å²) in [4.78, 5) is 13.1. The molecule has 2 aromatic rings. The van der Waals surface area contributed by atoms with Gasteiger partial charge in [-0.1, -0.05) is 12.1 Å². The predicted octanol–water partition coefficient (Wildman–Crippen LogP) is 3.66. The van der Waals surface area contributed by atoms with E-state index in [4.69, 9.17) is 9.73 Å². The first-order valence-electron chi connectivity index (χ1n) is 9.59. The van der Waals surface area contributed by atoms with Crippen molar-refractivity contribution in [3.05, 3.63) is 46.3 Å². The second-order valence-corrected chi connectivity index (χ2v) is 7.50. The fourth-order valence-electron chi connectivity index (χ4n) is 3.30. The molecule has 1 unspecified atom stereocenters. The molecule has 3 rings (SSSR count). The molecule has 28 heavy (non-hydrogen) atoms. The Hall–Kier alpha value is -1.39. The van der Waals surface area contributed by atoms with E-state index in [9.17, 15) is 0 Å². The molecule has 0 aromatic carbocycles. The second-order valence-electron chi connectivity index (χ2n) is 6.52. The van der Waals surface area contributed by atoms with Gasteiger partial charge in [0.25, 0.3) is 0 Å². The molecule has 8 heteroatoms. The Labute approximate surface area is 188 Å². The largest absolute Gasteiger partial charge is 0.481 e. The highest BCUT2D eigenvalue weighted by atomic mass is 127. The first-order chi connectivity index (χ1) is 13.3. The van der Waals surface area contributed by atoms with Gasteiger partial charge in [-0.05, 0) is 50.4 Å². The van der Waals surface area contributed by atoms with E-state index >= 15 is 0 Å². The molecule has 1 aliphatic rings. The average Bonchev–Trinajstić information content (AvgIpc) is 3.41. The number of thiophene rings is 1. The molecule has 1 fully saturated rings. The third-order valence-corrected chi connectivity index (χ3v) is 5.62. The van der Waals surface area contributed by atoms with Gasteiger partial charge in [-0.3, -0.25) is 4.90 Å². The monoisotopic (exact) mass is 515 g/mol. The summed E-state index contributed by atoms with van der Waals surface area (Å²) in [7, 11) is 1.63. The van der Waals surface area contributed by atoms with Crippen LogP contribution in [-0.2, 0) is 6.54 Å². The topological polar surface area (TPSA) is 61.8 Å². The van der Waals surface area contributed by atoms with Crippen molar-refractivity contribution >= 4 is 41.3 Å². The molecule has 0 saturated carbocycles. The highest BCUT2D eigenvalue weighted by Gasteiger charge is 2.24. The predicted molar refractivity (Wildman–Crippen MR) is 127 cm³/mol. The fourth-order valence-corrected chi connectivity index (χ4v) is 4.16. The molecular weight excluding hydrogens is 485 g/mol. The fraction of sp³-hybridized carbons (Fsp3) is 0.500. The van der Waals surface area contributed by atoms with Crippen LogP contribution < -0.4 is 15.4 Å². The van der Waals surface area contributed by atoms with Crippen LogP contribution in [0.3, 0.4) is 0 Å². The molecular formula is C20H30IN5OS. The molecule has 3 heterocycles. The maximum absolute atomic E-state index is 5.19. The van der Waals surface area contributed by atoms with Gasteiger partial charge in [0.2, 0.25) is 5.88 Å². The summed E-state index contributed by atoms with van der Waals surface area (Å²) in [5.41, 5.74) is 0.890. The lowest BCUT2D eigenvalue weighted by molar-refractivity contribution is 0.249. The number of likely N-dealkylation sites (tertiary alicyclic amines) is 1. The van der Waals surface area contributed by atoms with E-state index in [-0.39, 0.29) is 24.0 Å². The van der Waals surface area contributed by atoms with Gasteiger partial charge in [0.1, 0.15) is 0 Å². The maximum atomic E-state index is 5.19. The van der Waals surface area contributed by atoms with Gasteiger partial charge >= 0.3 is 0 Å². The van der Waals surface area contributed by atoms with Gasteiger partial charge in [0.05, 0.1) is 25.4 Å². The van der Waals surface area contributed by atoms with E-state index in [1.807, 2.05) is 29.5 Å². The molecule has 0 spiro atoms. The van der Waals surface area contributed by atoms with Crippen molar-refractivity contribution in [3.63, 3.8) is 0 Å². The lowest BCUT2D eigenvalue weighted by Crippen LogP contribution is -2.42. The van der Waals surface area contributed by atoms with E-state index in [1.54, 1.807) is 7.11 Å². The molecule has 154 valence electrons. The van der Waals surface area contributed by atoms with Crippen molar-refractivity contribution in [2.24, 2.45) is 4.99 Å². The Kier molecular flexibility index (Phi) is 10.0. The molecule has 1 aliphatic heterocycles. The Morgan fingerprint density at radius 2 is 2.07 bits per heavy atom. The standard InChI is InChI=1S/C20H29N5OS.HI/c1-3-21-20(22-14-16-8-6-10-19(24-16)26-2)23-15-17(18-9-7-13-27-18)25-11-4-5-12-25;/h6-10,13,17H,3-5,11-12,14-15H2,1-2H3,(H2,21,22,23);1H. The van der Waals surface area contributed by atoms with Crippen LogP contribution in [-0.4, -0.2) is 49.1 Å². The molecule has 1 saturated heterocycles. The number of pyridine rings is 1. The van der Waals surface area contributed by atoms with E-state index in [1.165, 1.54) is 30.8 Å². The summed E-state index contributed by atoms with van der Waals surface area (Å²) in [5, 5.41) is 9.03. The van der Waals surface area contributed by atoms with E-state index < -0.39 is 0 Å². The van der Waals surface area contributed by atoms with Crippen LogP contribution in [0, 0.1) is 0 Å². The number of guanidine groups is 1. The summed E-state index contributed by atoms with van der Waals surface area (Å²) in [6.07, 6.45) is 2.58. The number of ether oxygens (including phenoxy) is 1. The van der Waals surface area contributed by atoms with Crippen LogP contribution in [0.5, 0.6) is 5.88 Å². The van der Waals surface area contributed by atoms with E-state index in [0.29, 0.717) is 18.5 Å². The highest BCUT2D eigenvalue weighted by Crippen LogP contribution is 2.27. The van der Waals surface area contributed by atoms with Gasteiger partial charge < -0.3 is 15.4 Å². The molecule has 2 N–H and O–H groups in total. The molecule has 0 aliphatic carbocycles. The summed E-state index contributed by atoms with van der Waals surface area (Å²) in [6.45, 7) is 6.61. The van der Waals surface area contributed by atoms with E-state index in [0.717, 1.165) is 24.7 Å². The van der Waals surface area contributed by atoms with Gasteiger partial charge in [0, 0.05) is 24.0 Å². The first kappa shape index (κ1) is 22.9. The zero-order chi connectivity index (χ0) is 18.9.